The summed E-state index contributed by atoms with van der Waals surface area (Å²) in [5.74, 6) is 1.26. The highest BCUT2D eigenvalue weighted by molar-refractivity contribution is 5.34. The fourth-order valence-electron chi connectivity index (χ4n) is 1.54. The van der Waals surface area contributed by atoms with Gasteiger partial charge in [0.2, 0.25) is 5.88 Å². The van der Waals surface area contributed by atoms with Crippen molar-refractivity contribution in [1.29, 1.82) is 0 Å². The number of rotatable bonds is 6. The molecule has 1 atom stereocenters. The molecule has 1 aromatic rings. The van der Waals surface area contributed by atoms with Gasteiger partial charge in [-0.05, 0) is 26.3 Å². The van der Waals surface area contributed by atoms with E-state index in [9.17, 15) is 5.11 Å². The molecule has 0 aliphatic heterocycles. The molecule has 1 N–H and O–H groups in total. The molecule has 0 spiro atoms. The summed E-state index contributed by atoms with van der Waals surface area (Å²) in [7, 11) is 1.58. The van der Waals surface area contributed by atoms with Crippen LogP contribution < -0.4 is 9.47 Å². The van der Waals surface area contributed by atoms with E-state index in [1.807, 2.05) is 26.8 Å². The van der Waals surface area contributed by atoms with Crippen molar-refractivity contribution >= 4 is 0 Å². The lowest BCUT2D eigenvalue weighted by molar-refractivity contribution is 0.169. The monoisotopic (exact) mass is 239 g/mol. The van der Waals surface area contributed by atoms with Gasteiger partial charge in [-0.1, -0.05) is 6.92 Å². The number of aliphatic hydroxyl groups excluding tert-OH is 1. The molecule has 4 nitrogen and oxygen atoms in total. The molecule has 1 unspecified atom stereocenters. The number of hydrogen-bond donors (Lipinski definition) is 1. The minimum Gasteiger partial charge on any atom is -0.489 e. The molecule has 4 heteroatoms. The molecule has 0 amide bonds. The molecule has 0 aliphatic rings. The fraction of sp³-hybridized carbons (Fsp3) is 0.615. The quantitative estimate of drug-likeness (QED) is 0.826. The van der Waals surface area contributed by atoms with Gasteiger partial charge in [0.05, 0.1) is 25.5 Å². The van der Waals surface area contributed by atoms with Crippen LogP contribution >= 0.6 is 0 Å². The highest BCUT2D eigenvalue weighted by atomic mass is 16.5. The second kappa shape index (κ2) is 6.45. The molecule has 1 rings (SSSR count). The highest BCUT2D eigenvalue weighted by Gasteiger charge is 2.11. The van der Waals surface area contributed by atoms with Gasteiger partial charge in [0.25, 0.3) is 0 Å². The summed E-state index contributed by atoms with van der Waals surface area (Å²) < 4.78 is 10.7. The molecular formula is C13H21NO3. The zero-order valence-electron chi connectivity index (χ0n) is 10.9. The van der Waals surface area contributed by atoms with Gasteiger partial charge in [-0.3, -0.25) is 0 Å². The summed E-state index contributed by atoms with van der Waals surface area (Å²) in [5.41, 5.74) is 0.875. The third kappa shape index (κ3) is 4.23. The lowest BCUT2D eigenvalue weighted by atomic mass is 10.1. The van der Waals surface area contributed by atoms with E-state index in [1.54, 1.807) is 13.3 Å². The van der Waals surface area contributed by atoms with Gasteiger partial charge in [-0.15, -0.1) is 0 Å². The van der Waals surface area contributed by atoms with E-state index in [2.05, 4.69) is 4.98 Å². The van der Waals surface area contributed by atoms with Crippen LogP contribution in [0.25, 0.3) is 0 Å². The van der Waals surface area contributed by atoms with Gasteiger partial charge in [-0.25, -0.2) is 4.98 Å². The van der Waals surface area contributed by atoms with E-state index in [0.717, 1.165) is 5.56 Å². The SMILES string of the molecule is CCC(O)Cc1cc(OC(C)C)cnc1OC. The summed E-state index contributed by atoms with van der Waals surface area (Å²) in [4.78, 5) is 4.18. The van der Waals surface area contributed by atoms with Crippen LogP contribution in [0.2, 0.25) is 0 Å². The van der Waals surface area contributed by atoms with Crippen molar-refractivity contribution in [2.45, 2.75) is 45.8 Å². The topological polar surface area (TPSA) is 51.6 Å². The molecule has 0 bridgehead atoms. The predicted octanol–water partition coefficient (Wildman–Crippen LogP) is 2.19. The summed E-state index contributed by atoms with van der Waals surface area (Å²) in [6, 6.07) is 1.88. The summed E-state index contributed by atoms with van der Waals surface area (Å²) >= 11 is 0. The van der Waals surface area contributed by atoms with Crippen LogP contribution in [0.3, 0.4) is 0 Å². The van der Waals surface area contributed by atoms with Crippen molar-refractivity contribution in [2.24, 2.45) is 0 Å². The second-order valence-electron chi connectivity index (χ2n) is 4.27. The molecule has 0 fully saturated rings. The number of pyridine rings is 1. The van der Waals surface area contributed by atoms with Crippen molar-refractivity contribution in [3.63, 3.8) is 0 Å². The average molecular weight is 239 g/mol. The maximum absolute atomic E-state index is 9.68. The molecule has 0 aliphatic carbocycles. The molecule has 17 heavy (non-hydrogen) atoms. The fourth-order valence-corrected chi connectivity index (χ4v) is 1.54. The van der Waals surface area contributed by atoms with E-state index >= 15 is 0 Å². The summed E-state index contributed by atoms with van der Waals surface area (Å²) in [5, 5.41) is 9.68. The Kier molecular flexibility index (Phi) is 5.22. The van der Waals surface area contributed by atoms with Crippen molar-refractivity contribution in [1.82, 2.24) is 4.98 Å². The molecule has 1 heterocycles. The number of ether oxygens (including phenoxy) is 2. The summed E-state index contributed by atoms with van der Waals surface area (Å²) in [6.07, 6.45) is 2.61. The van der Waals surface area contributed by atoms with E-state index < -0.39 is 0 Å². The van der Waals surface area contributed by atoms with E-state index in [0.29, 0.717) is 24.5 Å². The number of hydrogen-bond acceptors (Lipinski definition) is 4. The van der Waals surface area contributed by atoms with Crippen LogP contribution in [0.1, 0.15) is 32.8 Å². The first-order valence-corrected chi connectivity index (χ1v) is 5.94. The molecule has 0 saturated heterocycles. The van der Waals surface area contributed by atoms with Gasteiger partial charge < -0.3 is 14.6 Å². The lowest BCUT2D eigenvalue weighted by Crippen LogP contribution is -2.11. The Labute approximate surface area is 103 Å². The van der Waals surface area contributed by atoms with Crippen LogP contribution in [0.4, 0.5) is 0 Å². The first kappa shape index (κ1) is 13.8. The maximum atomic E-state index is 9.68. The summed E-state index contributed by atoms with van der Waals surface area (Å²) in [6.45, 7) is 5.87. The highest BCUT2D eigenvalue weighted by Crippen LogP contribution is 2.23. The van der Waals surface area contributed by atoms with E-state index in [1.165, 1.54) is 0 Å². The predicted molar refractivity (Wildman–Crippen MR) is 66.6 cm³/mol. The Morgan fingerprint density at radius 3 is 2.65 bits per heavy atom. The van der Waals surface area contributed by atoms with Gasteiger partial charge in [0.1, 0.15) is 5.75 Å². The maximum Gasteiger partial charge on any atom is 0.216 e. The standard InChI is InChI=1S/C13H21NO3/c1-5-11(15)6-10-7-12(17-9(2)3)8-14-13(10)16-4/h7-9,11,15H,5-6H2,1-4H3. The average Bonchev–Trinajstić information content (AvgIpc) is 2.28. The molecular weight excluding hydrogens is 218 g/mol. The minimum absolute atomic E-state index is 0.106. The van der Waals surface area contributed by atoms with Gasteiger partial charge in [0.15, 0.2) is 0 Å². The Morgan fingerprint density at radius 1 is 1.41 bits per heavy atom. The van der Waals surface area contributed by atoms with Gasteiger partial charge in [-0.2, -0.15) is 0 Å². The number of nitrogens with zero attached hydrogens (tertiary/aromatic N) is 1. The first-order valence-electron chi connectivity index (χ1n) is 5.94. The Hall–Kier alpha value is -1.29. The van der Waals surface area contributed by atoms with Crippen LogP contribution in [0.5, 0.6) is 11.6 Å². The normalized spacial score (nSPS) is 12.6. The lowest BCUT2D eigenvalue weighted by Gasteiger charge is -2.14. The third-order valence-electron chi connectivity index (χ3n) is 2.39. The van der Waals surface area contributed by atoms with Crippen LogP contribution in [-0.2, 0) is 6.42 Å². The second-order valence-corrected chi connectivity index (χ2v) is 4.27. The van der Waals surface area contributed by atoms with Crippen molar-refractivity contribution in [3.05, 3.63) is 17.8 Å². The molecule has 1 aromatic heterocycles. The van der Waals surface area contributed by atoms with Crippen molar-refractivity contribution in [3.8, 4) is 11.6 Å². The molecule has 0 aromatic carbocycles. The van der Waals surface area contributed by atoms with Crippen molar-refractivity contribution < 1.29 is 14.6 Å². The first-order chi connectivity index (χ1) is 8.06. The zero-order chi connectivity index (χ0) is 12.8. The van der Waals surface area contributed by atoms with E-state index in [4.69, 9.17) is 9.47 Å². The van der Waals surface area contributed by atoms with Crippen molar-refractivity contribution in [2.75, 3.05) is 7.11 Å². The Balaban J connectivity index is 2.89. The number of aliphatic hydroxyl groups is 1. The Morgan fingerprint density at radius 2 is 2.12 bits per heavy atom. The van der Waals surface area contributed by atoms with Crippen LogP contribution in [0, 0.1) is 0 Å². The number of aromatic nitrogens is 1. The minimum atomic E-state index is -0.375. The van der Waals surface area contributed by atoms with Crippen LogP contribution in [0.15, 0.2) is 12.3 Å². The number of methoxy groups -OCH3 is 1. The van der Waals surface area contributed by atoms with E-state index in [-0.39, 0.29) is 12.2 Å². The molecule has 0 radical (unpaired) electrons. The largest absolute Gasteiger partial charge is 0.489 e. The van der Waals surface area contributed by atoms with Gasteiger partial charge >= 0.3 is 0 Å². The smallest absolute Gasteiger partial charge is 0.216 e. The molecule has 0 saturated carbocycles. The van der Waals surface area contributed by atoms with Gasteiger partial charge in [0, 0.05) is 12.0 Å². The zero-order valence-corrected chi connectivity index (χ0v) is 10.9. The Bertz CT molecular complexity index is 353. The molecule has 96 valence electrons. The van der Waals surface area contributed by atoms with Crippen LogP contribution in [-0.4, -0.2) is 29.4 Å². The third-order valence-corrected chi connectivity index (χ3v) is 2.39.